The Morgan fingerprint density at radius 2 is 1.84 bits per heavy atom. The highest BCUT2D eigenvalue weighted by Crippen LogP contribution is 2.37. The molecule has 3 aromatic rings. The molecule has 0 radical (unpaired) electrons. The minimum atomic E-state index is -4.76. The number of fused-ring (bicyclic) bond motifs is 1. The van der Waals surface area contributed by atoms with E-state index in [2.05, 4.69) is 26.6 Å². The van der Waals surface area contributed by atoms with E-state index in [9.17, 15) is 18.0 Å². The molecule has 0 saturated carbocycles. The monoisotopic (exact) mass is 426 g/mol. The van der Waals surface area contributed by atoms with Crippen molar-refractivity contribution in [2.45, 2.75) is 12.9 Å². The number of hydrogen-bond acceptors (Lipinski definition) is 4. The summed E-state index contributed by atoms with van der Waals surface area (Å²) in [6.07, 6.45) is 2.10. The summed E-state index contributed by atoms with van der Waals surface area (Å²) in [4.78, 5) is 21.3. The van der Waals surface area contributed by atoms with Gasteiger partial charge >= 0.3 is 6.36 Å². The summed E-state index contributed by atoms with van der Waals surface area (Å²) in [6.45, 7) is 4.33. The number of hydrogen-bond donors (Lipinski definition) is 2. The van der Waals surface area contributed by atoms with Gasteiger partial charge in [0, 0.05) is 35.9 Å². The van der Waals surface area contributed by atoms with Crippen molar-refractivity contribution in [3.63, 3.8) is 0 Å². The smallest absolute Gasteiger partial charge is 0.406 e. The van der Waals surface area contributed by atoms with Crippen LogP contribution in [-0.4, -0.2) is 22.2 Å². The van der Waals surface area contributed by atoms with Crippen molar-refractivity contribution in [1.29, 1.82) is 0 Å². The van der Waals surface area contributed by atoms with Crippen molar-refractivity contribution in [1.82, 2.24) is 15.3 Å². The first-order valence-electron chi connectivity index (χ1n) is 9.23. The summed E-state index contributed by atoms with van der Waals surface area (Å²) in [5.41, 5.74) is 3.16. The van der Waals surface area contributed by atoms with Gasteiger partial charge < -0.3 is 15.0 Å². The highest BCUT2D eigenvalue weighted by molar-refractivity contribution is 5.96. The van der Waals surface area contributed by atoms with E-state index < -0.39 is 6.36 Å². The summed E-state index contributed by atoms with van der Waals surface area (Å²) in [5, 5.41) is 2.83. The number of allylic oxidation sites excluding steroid dienone is 1. The molecular weight excluding hydrogens is 409 g/mol. The second-order valence-corrected chi connectivity index (χ2v) is 6.73. The van der Waals surface area contributed by atoms with Gasteiger partial charge in [0.2, 0.25) is 0 Å². The maximum Gasteiger partial charge on any atom is 0.573 e. The van der Waals surface area contributed by atoms with E-state index in [-0.39, 0.29) is 11.7 Å². The van der Waals surface area contributed by atoms with Crippen LogP contribution in [0.25, 0.3) is 6.08 Å². The molecule has 6 nitrogen and oxygen atoms in total. The van der Waals surface area contributed by atoms with Gasteiger partial charge in [-0.2, -0.15) is 0 Å². The molecule has 0 spiro atoms. The summed E-state index contributed by atoms with van der Waals surface area (Å²) < 4.78 is 41.1. The third kappa shape index (κ3) is 4.61. The third-order valence-corrected chi connectivity index (χ3v) is 4.57. The molecule has 1 amide bonds. The van der Waals surface area contributed by atoms with Crippen LogP contribution in [0.3, 0.4) is 0 Å². The van der Waals surface area contributed by atoms with E-state index >= 15 is 0 Å². The van der Waals surface area contributed by atoms with E-state index in [1.807, 2.05) is 6.08 Å². The van der Waals surface area contributed by atoms with E-state index in [4.69, 9.17) is 0 Å². The summed E-state index contributed by atoms with van der Waals surface area (Å²) in [5.74, 6) is -0.0255. The largest absolute Gasteiger partial charge is 0.573 e. The number of alkyl halides is 3. The van der Waals surface area contributed by atoms with Gasteiger partial charge in [0.1, 0.15) is 17.3 Å². The number of rotatable bonds is 5. The molecule has 1 aliphatic heterocycles. The zero-order valence-electron chi connectivity index (χ0n) is 16.1. The van der Waals surface area contributed by atoms with Gasteiger partial charge in [-0.05, 0) is 60.2 Å². The Bertz CT molecular complexity index is 1140. The van der Waals surface area contributed by atoms with Crippen molar-refractivity contribution < 1.29 is 22.7 Å². The second-order valence-electron chi connectivity index (χ2n) is 6.73. The molecule has 0 unspecified atom stereocenters. The summed E-state index contributed by atoms with van der Waals surface area (Å²) in [6, 6.07) is 10.7. The number of carbonyl (C=O) groups is 1. The minimum Gasteiger partial charge on any atom is -0.406 e. The lowest BCUT2D eigenvalue weighted by Crippen LogP contribution is -2.23. The zero-order valence-corrected chi connectivity index (χ0v) is 16.1. The summed E-state index contributed by atoms with van der Waals surface area (Å²) >= 11 is 0. The molecule has 1 aliphatic rings. The van der Waals surface area contributed by atoms with Crippen molar-refractivity contribution >= 4 is 23.5 Å². The molecular formula is C22H17F3N4O2. The van der Waals surface area contributed by atoms with Gasteiger partial charge in [0.05, 0.1) is 0 Å². The van der Waals surface area contributed by atoms with E-state index in [0.717, 1.165) is 11.1 Å². The second kappa shape index (κ2) is 8.02. The van der Waals surface area contributed by atoms with Crippen molar-refractivity contribution in [2.24, 2.45) is 0 Å². The fraction of sp³-hybridized carbons (Fsp3) is 0.0909. The fourth-order valence-electron chi connectivity index (χ4n) is 3.17. The Labute approximate surface area is 175 Å². The molecule has 158 valence electrons. The molecule has 0 saturated heterocycles. The maximum atomic E-state index is 12.6. The van der Waals surface area contributed by atoms with Crippen LogP contribution in [0.15, 0.2) is 73.2 Å². The Morgan fingerprint density at radius 1 is 1.13 bits per heavy atom. The first kappa shape index (κ1) is 20.3. The van der Waals surface area contributed by atoms with E-state index in [1.165, 1.54) is 24.3 Å². The van der Waals surface area contributed by atoms with Gasteiger partial charge in [0.25, 0.3) is 5.91 Å². The quantitative estimate of drug-likeness (QED) is 0.608. The van der Waals surface area contributed by atoms with Crippen LogP contribution < -0.4 is 15.0 Å². The van der Waals surface area contributed by atoms with Crippen LogP contribution >= 0.6 is 0 Å². The molecule has 0 fully saturated rings. The standard InChI is InChI=1S/C22H17F3N4O2/c1-14-2-3-16-12-19(21(30)27-13-15-8-10-26-11-9-15)28-20(16)29(14)17-4-6-18(7-5-17)31-22(23,24)25/h2-12,28H,1,13H2,(H,27,30). The molecule has 0 aliphatic carbocycles. The van der Waals surface area contributed by atoms with Gasteiger partial charge in [-0.1, -0.05) is 6.58 Å². The normalized spacial score (nSPS) is 13.1. The highest BCUT2D eigenvalue weighted by Gasteiger charge is 2.31. The lowest BCUT2D eigenvalue weighted by Gasteiger charge is -2.27. The number of aromatic nitrogens is 2. The van der Waals surface area contributed by atoms with Crippen LogP contribution in [0.1, 0.15) is 21.6 Å². The number of ether oxygens (including phenoxy) is 1. The maximum absolute atomic E-state index is 12.6. The van der Waals surface area contributed by atoms with Gasteiger partial charge in [-0.25, -0.2) is 0 Å². The van der Waals surface area contributed by atoms with Crippen LogP contribution in [0, 0.1) is 0 Å². The summed E-state index contributed by atoms with van der Waals surface area (Å²) in [7, 11) is 0. The Balaban J connectivity index is 1.55. The number of benzene rings is 1. The van der Waals surface area contributed by atoms with Gasteiger partial charge in [-0.3, -0.25) is 14.7 Å². The zero-order chi connectivity index (χ0) is 22.0. The number of anilines is 2. The predicted molar refractivity (Wildman–Crippen MR) is 110 cm³/mol. The van der Waals surface area contributed by atoms with E-state index in [0.29, 0.717) is 29.4 Å². The molecule has 2 aromatic heterocycles. The molecule has 2 N–H and O–H groups in total. The molecule has 0 atom stereocenters. The third-order valence-electron chi connectivity index (χ3n) is 4.57. The lowest BCUT2D eigenvalue weighted by molar-refractivity contribution is -0.274. The van der Waals surface area contributed by atoms with E-state index in [1.54, 1.807) is 41.6 Å². The van der Waals surface area contributed by atoms with Crippen LogP contribution in [0.2, 0.25) is 0 Å². The van der Waals surface area contributed by atoms with Gasteiger partial charge in [0.15, 0.2) is 0 Å². The number of carbonyl (C=O) groups excluding carboxylic acids is 1. The number of halogens is 3. The first-order valence-corrected chi connectivity index (χ1v) is 9.23. The molecule has 1 aromatic carbocycles. The van der Waals surface area contributed by atoms with Crippen LogP contribution in [0.4, 0.5) is 24.7 Å². The number of amides is 1. The van der Waals surface area contributed by atoms with Crippen LogP contribution in [-0.2, 0) is 6.54 Å². The van der Waals surface area contributed by atoms with Crippen molar-refractivity contribution in [3.05, 3.63) is 90.0 Å². The number of H-pyrrole nitrogens is 1. The molecule has 31 heavy (non-hydrogen) atoms. The lowest BCUT2D eigenvalue weighted by atomic mass is 10.1. The average molecular weight is 426 g/mol. The molecule has 0 bridgehead atoms. The Kier molecular flexibility index (Phi) is 5.24. The minimum absolute atomic E-state index is 0.293. The average Bonchev–Trinajstić information content (AvgIpc) is 3.17. The number of pyridine rings is 1. The Morgan fingerprint density at radius 3 is 2.52 bits per heavy atom. The van der Waals surface area contributed by atoms with Crippen LogP contribution in [0.5, 0.6) is 5.75 Å². The first-order chi connectivity index (χ1) is 14.8. The SMILES string of the molecule is C=C1C=Cc2cc(C(=O)NCc3ccncc3)[nH]c2N1c1ccc(OC(F)(F)F)cc1. The fourth-order valence-corrected chi connectivity index (χ4v) is 3.17. The topological polar surface area (TPSA) is 70.2 Å². The Hall–Kier alpha value is -4.01. The highest BCUT2D eigenvalue weighted by atomic mass is 19.4. The molecule has 4 rings (SSSR count). The number of aromatic amines is 1. The van der Waals surface area contributed by atoms with Crippen molar-refractivity contribution in [2.75, 3.05) is 4.90 Å². The predicted octanol–water partition coefficient (Wildman–Crippen LogP) is 4.92. The number of nitrogens with zero attached hydrogens (tertiary/aromatic N) is 2. The number of nitrogens with one attached hydrogen (secondary N) is 2. The molecule has 9 heteroatoms. The molecule has 3 heterocycles. The van der Waals surface area contributed by atoms with Gasteiger partial charge in [-0.15, -0.1) is 13.2 Å². The van der Waals surface area contributed by atoms with Crippen molar-refractivity contribution in [3.8, 4) is 5.75 Å².